The molecule has 2 aliphatic rings. The van der Waals surface area contributed by atoms with Crippen molar-refractivity contribution in [3.8, 4) is 17.5 Å². The van der Waals surface area contributed by atoms with Crippen LogP contribution >= 0.6 is 15.9 Å². The molecule has 9 heteroatoms. The Morgan fingerprint density at radius 2 is 1.86 bits per heavy atom. The molecular formula is C28H39BrN6O2. The summed E-state index contributed by atoms with van der Waals surface area (Å²) in [6.07, 6.45) is 3.09. The quantitative estimate of drug-likeness (QED) is 0.388. The number of piperidine rings is 1. The number of nitrogens with one attached hydrogen (secondary N) is 1. The van der Waals surface area contributed by atoms with Gasteiger partial charge in [-0.15, -0.1) is 0 Å². The Morgan fingerprint density at radius 3 is 2.46 bits per heavy atom. The van der Waals surface area contributed by atoms with Gasteiger partial charge in [-0.05, 0) is 57.7 Å². The summed E-state index contributed by atoms with van der Waals surface area (Å²) in [7, 11) is 0. The fourth-order valence-electron chi connectivity index (χ4n) is 5.05. The van der Waals surface area contributed by atoms with Gasteiger partial charge >= 0.3 is 0 Å². The average molecular weight is 572 g/mol. The SMILES string of the molecule is CC.CC.Cc1noc(-c2c(N3CCC(NC4CCOC4)CC3C)nc3c(C#N)cc(Br)cc3c2C)n1. The molecule has 0 aliphatic carbocycles. The van der Waals surface area contributed by atoms with Crippen LogP contribution in [-0.2, 0) is 4.74 Å². The van der Waals surface area contributed by atoms with Crippen LogP contribution in [0.15, 0.2) is 21.1 Å². The lowest BCUT2D eigenvalue weighted by Gasteiger charge is -2.40. The molecule has 8 nitrogen and oxygen atoms in total. The van der Waals surface area contributed by atoms with Crippen molar-refractivity contribution in [1.29, 1.82) is 5.26 Å². The van der Waals surface area contributed by atoms with E-state index in [-0.39, 0.29) is 6.04 Å². The molecule has 37 heavy (non-hydrogen) atoms. The minimum atomic E-state index is 0.256. The zero-order valence-electron chi connectivity index (χ0n) is 23.1. The van der Waals surface area contributed by atoms with E-state index in [0.29, 0.717) is 34.9 Å². The molecule has 3 aromatic rings. The molecule has 200 valence electrons. The Bertz CT molecular complexity index is 1230. The fraction of sp³-hybridized carbons (Fsp3) is 0.571. The first-order chi connectivity index (χ1) is 17.9. The first-order valence-corrected chi connectivity index (χ1v) is 14.2. The second kappa shape index (κ2) is 13.3. The topological polar surface area (TPSA) is 100 Å². The second-order valence-corrected chi connectivity index (χ2v) is 9.95. The van der Waals surface area contributed by atoms with Crippen molar-refractivity contribution in [2.24, 2.45) is 0 Å². The Balaban J connectivity index is 0.000000907. The minimum absolute atomic E-state index is 0.256. The molecule has 0 radical (unpaired) electrons. The molecule has 4 heterocycles. The predicted molar refractivity (Wildman–Crippen MR) is 152 cm³/mol. The largest absolute Gasteiger partial charge is 0.380 e. The van der Waals surface area contributed by atoms with Crippen molar-refractivity contribution >= 4 is 32.7 Å². The van der Waals surface area contributed by atoms with Crippen LogP contribution in [-0.4, -0.2) is 53.0 Å². The fourth-order valence-corrected chi connectivity index (χ4v) is 5.51. The molecule has 3 unspecified atom stereocenters. The molecule has 0 amide bonds. The van der Waals surface area contributed by atoms with Crippen LogP contribution in [0.3, 0.4) is 0 Å². The number of benzene rings is 1. The molecule has 2 fully saturated rings. The summed E-state index contributed by atoms with van der Waals surface area (Å²) in [5, 5.41) is 18.5. The molecule has 0 spiro atoms. The number of aromatic nitrogens is 3. The number of aryl methyl sites for hydroxylation is 2. The van der Waals surface area contributed by atoms with E-state index in [1.807, 2.05) is 53.7 Å². The average Bonchev–Trinajstić information content (AvgIpc) is 3.58. The highest BCUT2D eigenvalue weighted by Crippen LogP contribution is 2.39. The van der Waals surface area contributed by atoms with Crippen molar-refractivity contribution in [3.05, 3.63) is 33.6 Å². The maximum absolute atomic E-state index is 9.78. The number of anilines is 1. The monoisotopic (exact) mass is 570 g/mol. The van der Waals surface area contributed by atoms with Gasteiger partial charge in [0.25, 0.3) is 5.89 Å². The van der Waals surface area contributed by atoms with Crippen molar-refractivity contribution in [3.63, 3.8) is 0 Å². The van der Waals surface area contributed by atoms with Gasteiger partial charge in [-0.2, -0.15) is 10.2 Å². The van der Waals surface area contributed by atoms with Crippen molar-refractivity contribution in [2.45, 2.75) is 85.9 Å². The first-order valence-electron chi connectivity index (χ1n) is 13.4. The molecule has 5 rings (SSSR count). The van der Waals surface area contributed by atoms with Crippen LogP contribution in [0.2, 0.25) is 0 Å². The highest BCUT2D eigenvalue weighted by atomic mass is 79.9. The molecule has 2 aliphatic heterocycles. The lowest BCUT2D eigenvalue weighted by atomic mass is 9.95. The van der Waals surface area contributed by atoms with Gasteiger partial charge in [0, 0.05) is 41.1 Å². The van der Waals surface area contributed by atoms with Crippen LogP contribution in [0.25, 0.3) is 22.4 Å². The smallest absolute Gasteiger partial charge is 0.261 e. The third kappa shape index (κ3) is 6.31. The molecule has 2 aromatic heterocycles. The molecule has 0 saturated carbocycles. The van der Waals surface area contributed by atoms with E-state index >= 15 is 0 Å². The van der Waals surface area contributed by atoms with Gasteiger partial charge in [0.05, 0.1) is 23.3 Å². The van der Waals surface area contributed by atoms with E-state index < -0.39 is 0 Å². The van der Waals surface area contributed by atoms with E-state index in [0.717, 1.165) is 65.8 Å². The van der Waals surface area contributed by atoms with Gasteiger partial charge in [-0.3, -0.25) is 0 Å². The lowest BCUT2D eigenvalue weighted by molar-refractivity contribution is 0.185. The maximum Gasteiger partial charge on any atom is 0.261 e. The number of hydrogen-bond donors (Lipinski definition) is 1. The second-order valence-electron chi connectivity index (χ2n) is 9.03. The molecule has 2 saturated heterocycles. The Kier molecular flexibility index (Phi) is 10.4. The summed E-state index contributed by atoms with van der Waals surface area (Å²) in [6.45, 7) is 16.6. The van der Waals surface area contributed by atoms with Gasteiger partial charge in [0.1, 0.15) is 11.9 Å². The summed E-state index contributed by atoms with van der Waals surface area (Å²) in [5.41, 5.74) is 3.06. The van der Waals surface area contributed by atoms with Gasteiger partial charge in [-0.25, -0.2) is 4.98 Å². The van der Waals surface area contributed by atoms with Crippen LogP contribution < -0.4 is 10.2 Å². The Morgan fingerprint density at radius 1 is 1.11 bits per heavy atom. The summed E-state index contributed by atoms with van der Waals surface area (Å²) < 4.78 is 12.0. The van der Waals surface area contributed by atoms with Crippen molar-refractivity contribution in [2.75, 3.05) is 24.7 Å². The summed E-state index contributed by atoms with van der Waals surface area (Å²) in [4.78, 5) is 11.9. The van der Waals surface area contributed by atoms with Crippen molar-refractivity contribution < 1.29 is 9.26 Å². The number of nitrogens with zero attached hydrogens (tertiary/aromatic N) is 5. The summed E-state index contributed by atoms with van der Waals surface area (Å²) in [5.74, 6) is 1.85. The van der Waals surface area contributed by atoms with E-state index in [1.54, 1.807) is 0 Å². The Hall–Kier alpha value is -2.54. The zero-order valence-corrected chi connectivity index (χ0v) is 24.6. The van der Waals surface area contributed by atoms with Gasteiger partial charge < -0.3 is 19.5 Å². The number of hydrogen-bond acceptors (Lipinski definition) is 8. The number of halogens is 1. The van der Waals surface area contributed by atoms with Crippen LogP contribution in [0.1, 0.15) is 70.8 Å². The van der Waals surface area contributed by atoms with E-state index in [9.17, 15) is 5.26 Å². The molecule has 0 bridgehead atoms. The normalized spacial score (nSPS) is 21.1. The molecule has 3 atom stereocenters. The molecular weight excluding hydrogens is 532 g/mol. The van der Waals surface area contributed by atoms with E-state index in [2.05, 4.69) is 49.3 Å². The third-order valence-corrected chi connectivity index (χ3v) is 7.16. The maximum atomic E-state index is 9.78. The first kappa shape index (κ1) is 29.0. The third-order valence-electron chi connectivity index (χ3n) is 6.71. The number of rotatable bonds is 4. The predicted octanol–water partition coefficient (Wildman–Crippen LogP) is 6.32. The molecule has 1 N–H and O–H groups in total. The zero-order chi connectivity index (χ0) is 27.1. The Labute approximate surface area is 228 Å². The van der Waals surface area contributed by atoms with Gasteiger partial charge in [0.2, 0.25) is 0 Å². The number of pyridine rings is 1. The van der Waals surface area contributed by atoms with Crippen LogP contribution in [0, 0.1) is 25.2 Å². The van der Waals surface area contributed by atoms with E-state index in [4.69, 9.17) is 14.2 Å². The highest BCUT2D eigenvalue weighted by molar-refractivity contribution is 9.10. The summed E-state index contributed by atoms with van der Waals surface area (Å²) >= 11 is 3.53. The number of ether oxygens (including phenoxy) is 1. The standard InChI is InChI=1S/C24H27BrN6O2.2C2H6/c1-13-8-18(28-19-5-7-32-12-19)4-6-31(13)23-21(24-27-15(3)30-33-24)14(2)20-10-17(25)9-16(11-26)22(20)29-23;2*1-2/h9-10,13,18-19,28H,4-8,12H2,1-3H3;2*1-2H3. The van der Waals surface area contributed by atoms with E-state index in [1.165, 1.54) is 0 Å². The molecule has 1 aromatic carbocycles. The van der Waals surface area contributed by atoms with Gasteiger partial charge in [-0.1, -0.05) is 48.8 Å². The highest BCUT2D eigenvalue weighted by Gasteiger charge is 2.32. The van der Waals surface area contributed by atoms with Crippen molar-refractivity contribution in [1.82, 2.24) is 20.4 Å². The summed E-state index contributed by atoms with van der Waals surface area (Å²) in [6, 6.07) is 7.27. The minimum Gasteiger partial charge on any atom is -0.380 e. The van der Waals surface area contributed by atoms with Crippen LogP contribution in [0.4, 0.5) is 5.82 Å². The van der Waals surface area contributed by atoms with Gasteiger partial charge in [0.15, 0.2) is 5.82 Å². The number of nitriles is 1. The van der Waals surface area contributed by atoms with Crippen LogP contribution in [0.5, 0.6) is 0 Å². The number of fused-ring (bicyclic) bond motifs is 1. The lowest BCUT2D eigenvalue weighted by Crippen LogP contribution is -2.50.